The molecule has 0 amide bonds. The lowest BCUT2D eigenvalue weighted by molar-refractivity contribution is 0.435. The molecule has 2 heterocycles. The van der Waals surface area contributed by atoms with Gasteiger partial charge in [-0.25, -0.2) is 0 Å². The van der Waals surface area contributed by atoms with Gasteiger partial charge in [-0.05, 0) is 13.0 Å². The maximum atomic E-state index is 5.57. The quantitative estimate of drug-likeness (QED) is 0.682. The van der Waals surface area contributed by atoms with Crippen molar-refractivity contribution in [1.29, 1.82) is 0 Å². The summed E-state index contributed by atoms with van der Waals surface area (Å²) in [4.78, 5) is 8.40. The number of rotatable bonds is 1. The maximum absolute atomic E-state index is 5.57. The molecule has 0 saturated carbocycles. The molecule has 72 valence electrons. The molecule has 1 aliphatic heterocycles. The summed E-state index contributed by atoms with van der Waals surface area (Å²) >= 11 is 0. The number of nitrogens with two attached hydrogens (primary N) is 1. The lowest BCUT2D eigenvalue weighted by atomic mass is 10.0. The Morgan fingerprint density at radius 3 is 2.93 bits per heavy atom. The normalized spacial score (nSPS) is 25.4. The van der Waals surface area contributed by atoms with E-state index in [0.717, 1.165) is 5.56 Å². The lowest BCUT2D eigenvalue weighted by Gasteiger charge is -2.28. The van der Waals surface area contributed by atoms with Crippen LogP contribution in [0.15, 0.2) is 41.4 Å². The van der Waals surface area contributed by atoms with Gasteiger partial charge in [-0.3, -0.25) is 9.98 Å². The predicted octanol–water partition coefficient (Wildman–Crippen LogP) is 0.728. The standard InChI is InChI=1S/C10H12N4/c1-10(8-3-2-4-12-5-8)13-6-9(11)7-14-10/h2-7,13H,11H2,1H3. The molecular formula is C10H12N4. The molecule has 0 aromatic carbocycles. The first-order valence-electron chi connectivity index (χ1n) is 4.40. The van der Waals surface area contributed by atoms with E-state index in [4.69, 9.17) is 5.73 Å². The minimum Gasteiger partial charge on any atom is -0.396 e. The first-order valence-corrected chi connectivity index (χ1v) is 4.40. The third-order valence-electron chi connectivity index (χ3n) is 2.22. The summed E-state index contributed by atoms with van der Waals surface area (Å²) in [6.07, 6.45) is 6.94. The Labute approximate surface area is 82.6 Å². The molecule has 0 saturated heterocycles. The van der Waals surface area contributed by atoms with Crippen molar-refractivity contribution in [2.75, 3.05) is 0 Å². The average molecular weight is 188 g/mol. The summed E-state index contributed by atoms with van der Waals surface area (Å²) in [5.41, 5.74) is 6.77. The lowest BCUT2D eigenvalue weighted by Crippen LogP contribution is -2.37. The SMILES string of the molecule is CC1(c2cccnc2)N=CC(N)=CN1. The zero-order valence-electron chi connectivity index (χ0n) is 7.94. The van der Waals surface area contributed by atoms with Crippen molar-refractivity contribution < 1.29 is 0 Å². The molecule has 0 aliphatic carbocycles. The zero-order valence-corrected chi connectivity index (χ0v) is 7.94. The fourth-order valence-electron chi connectivity index (χ4n) is 1.31. The molecule has 1 aliphatic rings. The van der Waals surface area contributed by atoms with Crippen LogP contribution < -0.4 is 11.1 Å². The molecule has 1 aromatic rings. The van der Waals surface area contributed by atoms with Crippen LogP contribution in [0.25, 0.3) is 0 Å². The maximum Gasteiger partial charge on any atom is 0.153 e. The van der Waals surface area contributed by atoms with Gasteiger partial charge in [0.05, 0.1) is 5.70 Å². The second-order valence-corrected chi connectivity index (χ2v) is 3.36. The van der Waals surface area contributed by atoms with Crippen LogP contribution in [-0.2, 0) is 5.66 Å². The second-order valence-electron chi connectivity index (χ2n) is 3.36. The molecule has 0 radical (unpaired) electrons. The Hall–Kier alpha value is -1.84. The molecule has 4 nitrogen and oxygen atoms in total. The van der Waals surface area contributed by atoms with Crippen molar-refractivity contribution >= 4 is 6.21 Å². The van der Waals surface area contributed by atoms with Crippen LogP contribution in [0.2, 0.25) is 0 Å². The number of hydrogen-bond acceptors (Lipinski definition) is 4. The summed E-state index contributed by atoms with van der Waals surface area (Å²) in [7, 11) is 0. The summed E-state index contributed by atoms with van der Waals surface area (Å²) in [6, 6.07) is 3.87. The Bertz CT molecular complexity index is 382. The number of pyridine rings is 1. The summed E-state index contributed by atoms with van der Waals surface area (Å²) < 4.78 is 0. The highest BCUT2D eigenvalue weighted by Crippen LogP contribution is 2.22. The van der Waals surface area contributed by atoms with Crippen molar-refractivity contribution in [2.24, 2.45) is 10.7 Å². The van der Waals surface area contributed by atoms with Crippen molar-refractivity contribution in [1.82, 2.24) is 10.3 Å². The highest BCUT2D eigenvalue weighted by Gasteiger charge is 2.25. The van der Waals surface area contributed by atoms with Gasteiger partial charge in [0.2, 0.25) is 0 Å². The molecule has 1 atom stereocenters. The molecular weight excluding hydrogens is 176 g/mol. The fraction of sp³-hybridized carbons (Fsp3) is 0.200. The second kappa shape index (κ2) is 3.14. The van der Waals surface area contributed by atoms with Gasteiger partial charge < -0.3 is 11.1 Å². The topological polar surface area (TPSA) is 63.3 Å². The molecule has 3 N–H and O–H groups in total. The van der Waals surface area contributed by atoms with Gasteiger partial charge in [-0.2, -0.15) is 0 Å². The van der Waals surface area contributed by atoms with E-state index in [2.05, 4.69) is 15.3 Å². The van der Waals surface area contributed by atoms with Gasteiger partial charge in [0.1, 0.15) is 0 Å². The van der Waals surface area contributed by atoms with E-state index in [0.29, 0.717) is 5.70 Å². The molecule has 0 fully saturated rings. The van der Waals surface area contributed by atoms with Crippen LogP contribution in [0.1, 0.15) is 12.5 Å². The molecule has 0 bridgehead atoms. The Kier molecular flexibility index (Phi) is 1.96. The summed E-state index contributed by atoms with van der Waals surface area (Å²) in [5.74, 6) is 0. The molecule has 2 rings (SSSR count). The van der Waals surface area contributed by atoms with Crippen molar-refractivity contribution in [2.45, 2.75) is 12.6 Å². The summed E-state index contributed by atoms with van der Waals surface area (Å²) in [5, 5.41) is 3.14. The Morgan fingerprint density at radius 2 is 2.36 bits per heavy atom. The van der Waals surface area contributed by atoms with E-state index in [9.17, 15) is 0 Å². The van der Waals surface area contributed by atoms with Crippen LogP contribution in [0, 0.1) is 0 Å². The van der Waals surface area contributed by atoms with Gasteiger partial charge in [0, 0.05) is 30.4 Å². The largest absolute Gasteiger partial charge is 0.396 e. The molecule has 14 heavy (non-hydrogen) atoms. The third-order valence-corrected chi connectivity index (χ3v) is 2.22. The smallest absolute Gasteiger partial charge is 0.153 e. The third kappa shape index (κ3) is 1.46. The predicted molar refractivity (Wildman–Crippen MR) is 55.5 cm³/mol. The van der Waals surface area contributed by atoms with E-state index in [1.807, 2.05) is 19.1 Å². The van der Waals surface area contributed by atoms with Crippen molar-refractivity contribution in [3.63, 3.8) is 0 Å². The fourth-order valence-corrected chi connectivity index (χ4v) is 1.31. The van der Waals surface area contributed by atoms with Gasteiger partial charge in [0.25, 0.3) is 0 Å². The van der Waals surface area contributed by atoms with Crippen LogP contribution in [0.5, 0.6) is 0 Å². The first-order chi connectivity index (χ1) is 6.71. The zero-order chi connectivity index (χ0) is 10.0. The minimum atomic E-state index is -0.447. The number of nitrogens with one attached hydrogen (secondary N) is 1. The first kappa shape index (κ1) is 8.74. The molecule has 4 heteroatoms. The van der Waals surface area contributed by atoms with E-state index < -0.39 is 5.66 Å². The molecule has 1 aromatic heterocycles. The number of allylic oxidation sites excluding steroid dienone is 1. The van der Waals surface area contributed by atoms with E-state index in [-0.39, 0.29) is 0 Å². The van der Waals surface area contributed by atoms with Crippen LogP contribution in [-0.4, -0.2) is 11.2 Å². The van der Waals surface area contributed by atoms with Crippen molar-refractivity contribution in [3.05, 3.63) is 42.0 Å². The Balaban J connectivity index is 2.32. The monoisotopic (exact) mass is 188 g/mol. The number of aliphatic imine (C=N–C) groups is 1. The molecule has 1 unspecified atom stereocenters. The highest BCUT2D eigenvalue weighted by atomic mass is 15.1. The van der Waals surface area contributed by atoms with Gasteiger partial charge in [-0.15, -0.1) is 0 Å². The number of nitrogens with zero attached hydrogens (tertiary/aromatic N) is 2. The van der Waals surface area contributed by atoms with Gasteiger partial charge in [-0.1, -0.05) is 6.07 Å². The highest BCUT2D eigenvalue weighted by molar-refractivity contribution is 5.78. The van der Waals surface area contributed by atoms with Crippen molar-refractivity contribution in [3.8, 4) is 0 Å². The van der Waals surface area contributed by atoms with E-state index >= 15 is 0 Å². The van der Waals surface area contributed by atoms with Gasteiger partial charge >= 0.3 is 0 Å². The van der Waals surface area contributed by atoms with E-state index in [1.54, 1.807) is 24.8 Å². The minimum absolute atomic E-state index is 0.447. The summed E-state index contributed by atoms with van der Waals surface area (Å²) in [6.45, 7) is 1.98. The van der Waals surface area contributed by atoms with Crippen LogP contribution in [0.4, 0.5) is 0 Å². The average Bonchev–Trinajstić information content (AvgIpc) is 2.24. The van der Waals surface area contributed by atoms with Crippen LogP contribution in [0.3, 0.4) is 0 Å². The van der Waals surface area contributed by atoms with Crippen LogP contribution >= 0.6 is 0 Å². The number of aromatic nitrogens is 1. The van der Waals surface area contributed by atoms with E-state index in [1.165, 1.54) is 0 Å². The molecule has 0 spiro atoms. The van der Waals surface area contributed by atoms with Gasteiger partial charge in [0.15, 0.2) is 5.66 Å². The Morgan fingerprint density at radius 1 is 1.50 bits per heavy atom. The number of hydrogen-bond donors (Lipinski definition) is 2.